The van der Waals surface area contributed by atoms with Crippen LogP contribution < -0.4 is 0 Å². The van der Waals surface area contributed by atoms with Crippen molar-refractivity contribution in [3.05, 3.63) is 35.9 Å². The van der Waals surface area contributed by atoms with Crippen LogP contribution in [0, 0.1) is 0 Å². The van der Waals surface area contributed by atoms with Gasteiger partial charge in [-0.1, -0.05) is 50.1 Å². The summed E-state index contributed by atoms with van der Waals surface area (Å²) in [6, 6.07) is 10.4. The molecule has 0 aliphatic carbocycles. The lowest BCUT2D eigenvalue weighted by atomic mass is 10.0. The van der Waals surface area contributed by atoms with Crippen LogP contribution in [0.5, 0.6) is 0 Å². The quantitative estimate of drug-likeness (QED) is 0.674. The van der Waals surface area contributed by atoms with Crippen molar-refractivity contribution in [2.45, 2.75) is 64.8 Å². The Bertz CT molecular complexity index is 512. The van der Waals surface area contributed by atoms with E-state index in [1.807, 2.05) is 6.07 Å². The molecule has 0 saturated heterocycles. The van der Waals surface area contributed by atoms with Crippen LogP contribution in [0.4, 0.5) is 0 Å². The number of methoxy groups -OCH3 is 2. The summed E-state index contributed by atoms with van der Waals surface area (Å²) in [5.41, 5.74) is 1.26. The zero-order chi connectivity index (χ0) is 20.0. The number of hydrogen-bond acceptors (Lipinski definition) is 6. The normalized spacial score (nSPS) is 11.8. The van der Waals surface area contributed by atoms with E-state index in [1.54, 1.807) is 0 Å². The van der Waals surface area contributed by atoms with Crippen LogP contribution >= 0.6 is 0 Å². The third-order valence-electron chi connectivity index (χ3n) is 3.67. The van der Waals surface area contributed by atoms with Gasteiger partial charge in [0.15, 0.2) is 6.10 Å². The van der Waals surface area contributed by atoms with Gasteiger partial charge in [-0.25, -0.2) is 4.79 Å². The Morgan fingerprint density at radius 1 is 1.12 bits per heavy atom. The summed E-state index contributed by atoms with van der Waals surface area (Å²) in [7, 11) is 2.30. The third kappa shape index (κ3) is 11.6. The van der Waals surface area contributed by atoms with Gasteiger partial charge in [0.2, 0.25) is 0 Å². The topological polar surface area (TPSA) is 82.1 Å². The molecule has 0 heterocycles. The SMILES string of the molecule is CCCCC(C)(C)OCc1ccccc1.COC(=O)C[C@@H](O)C(=O)OC. The number of rotatable bonds is 9. The summed E-state index contributed by atoms with van der Waals surface area (Å²) in [5.74, 6) is -1.49. The Balaban J connectivity index is 0.000000508. The molecule has 0 unspecified atom stereocenters. The molecule has 0 spiro atoms. The zero-order valence-electron chi connectivity index (χ0n) is 16.5. The Labute approximate surface area is 156 Å². The Morgan fingerprint density at radius 3 is 2.23 bits per heavy atom. The fraction of sp³-hybridized carbons (Fsp3) is 0.600. The largest absolute Gasteiger partial charge is 0.469 e. The maximum Gasteiger partial charge on any atom is 0.335 e. The maximum atomic E-state index is 10.5. The van der Waals surface area contributed by atoms with Crippen molar-refractivity contribution in [3.8, 4) is 0 Å². The van der Waals surface area contributed by atoms with Gasteiger partial charge in [0, 0.05) is 0 Å². The summed E-state index contributed by atoms with van der Waals surface area (Å²) < 4.78 is 14.3. The number of carbonyl (C=O) groups excluding carboxylic acids is 2. The fourth-order valence-electron chi connectivity index (χ4n) is 1.99. The molecule has 1 rings (SSSR count). The molecule has 0 aliphatic heterocycles. The van der Waals surface area contributed by atoms with Crippen LogP contribution in [-0.4, -0.2) is 43.0 Å². The Hall–Kier alpha value is -1.92. The van der Waals surface area contributed by atoms with Crippen molar-refractivity contribution in [1.29, 1.82) is 0 Å². The van der Waals surface area contributed by atoms with E-state index in [2.05, 4.69) is 54.5 Å². The highest BCUT2D eigenvalue weighted by Gasteiger charge is 2.19. The third-order valence-corrected chi connectivity index (χ3v) is 3.67. The standard InChI is InChI=1S/C14H22O.C6H10O5/c1-4-5-11-14(2,3)15-12-13-9-7-6-8-10-13;1-10-5(8)3-4(7)6(9)11-2/h6-10H,4-5,11-12H2,1-3H3;4,7H,3H2,1-2H3/t;4-/m.1/s1. The lowest BCUT2D eigenvalue weighted by Gasteiger charge is -2.25. The van der Waals surface area contributed by atoms with Crippen molar-refractivity contribution in [1.82, 2.24) is 0 Å². The number of carbonyl (C=O) groups is 2. The molecule has 0 aromatic heterocycles. The van der Waals surface area contributed by atoms with Gasteiger partial charge in [0.1, 0.15) is 0 Å². The second-order valence-electron chi connectivity index (χ2n) is 6.46. The van der Waals surface area contributed by atoms with Gasteiger partial charge in [-0.3, -0.25) is 4.79 Å². The highest BCUT2D eigenvalue weighted by molar-refractivity contribution is 5.81. The number of aliphatic hydroxyl groups excluding tert-OH is 1. The average molecular weight is 368 g/mol. The van der Waals surface area contributed by atoms with Gasteiger partial charge in [0.25, 0.3) is 0 Å². The molecular weight excluding hydrogens is 336 g/mol. The minimum atomic E-state index is -1.42. The second kappa shape index (κ2) is 13.3. The van der Waals surface area contributed by atoms with Gasteiger partial charge >= 0.3 is 11.9 Å². The summed E-state index contributed by atoms with van der Waals surface area (Å²) in [4.78, 5) is 20.9. The van der Waals surface area contributed by atoms with Crippen LogP contribution in [0.3, 0.4) is 0 Å². The van der Waals surface area contributed by atoms with Crippen molar-refractivity contribution in [2.24, 2.45) is 0 Å². The van der Waals surface area contributed by atoms with Crippen molar-refractivity contribution in [2.75, 3.05) is 14.2 Å². The van der Waals surface area contributed by atoms with Gasteiger partial charge < -0.3 is 19.3 Å². The number of ether oxygens (including phenoxy) is 3. The van der Waals surface area contributed by atoms with Crippen molar-refractivity contribution >= 4 is 11.9 Å². The van der Waals surface area contributed by atoms with Gasteiger partial charge in [-0.2, -0.15) is 0 Å². The molecule has 6 heteroatoms. The molecule has 1 atom stereocenters. The number of aliphatic hydroxyl groups is 1. The molecule has 26 heavy (non-hydrogen) atoms. The van der Waals surface area contributed by atoms with E-state index < -0.39 is 18.0 Å². The highest BCUT2D eigenvalue weighted by atomic mass is 16.5. The molecule has 6 nitrogen and oxygen atoms in total. The first-order chi connectivity index (χ1) is 12.3. The van der Waals surface area contributed by atoms with E-state index in [1.165, 1.54) is 25.5 Å². The summed E-state index contributed by atoms with van der Waals surface area (Å²) in [5, 5.41) is 8.84. The van der Waals surface area contributed by atoms with Gasteiger partial charge in [-0.05, 0) is 25.8 Å². The molecule has 148 valence electrons. The smallest absolute Gasteiger partial charge is 0.335 e. The second-order valence-corrected chi connectivity index (χ2v) is 6.46. The average Bonchev–Trinajstić information content (AvgIpc) is 2.65. The molecule has 1 aromatic rings. The van der Waals surface area contributed by atoms with E-state index in [-0.39, 0.29) is 12.0 Å². The van der Waals surface area contributed by atoms with Crippen LogP contribution in [0.2, 0.25) is 0 Å². The number of esters is 2. The molecule has 0 saturated carbocycles. The summed E-state index contributed by atoms with van der Waals surface area (Å²) in [6.45, 7) is 7.28. The monoisotopic (exact) mass is 368 g/mol. The predicted octanol–water partition coefficient (Wildman–Crippen LogP) is 3.26. The van der Waals surface area contributed by atoms with E-state index in [9.17, 15) is 9.59 Å². The molecule has 0 bridgehead atoms. The number of hydrogen-bond donors (Lipinski definition) is 1. The molecule has 0 fully saturated rings. The molecule has 0 amide bonds. The predicted molar refractivity (Wildman–Crippen MR) is 99.5 cm³/mol. The number of benzene rings is 1. The molecule has 0 aliphatic rings. The van der Waals surface area contributed by atoms with Crippen LogP contribution in [0.1, 0.15) is 52.0 Å². The van der Waals surface area contributed by atoms with Crippen LogP contribution in [0.25, 0.3) is 0 Å². The molecule has 1 aromatic carbocycles. The first-order valence-corrected chi connectivity index (χ1v) is 8.76. The lowest BCUT2D eigenvalue weighted by Crippen LogP contribution is -2.25. The maximum absolute atomic E-state index is 10.5. The Kier molecular flexibility index (Phi) is 12.3. The molecular formula is C20H32O6. The molecule has 1 N–H and O–H groups in total. The first-order valence-electron chi connectivity index (χ1n) is 8.76. The van der Waals surface area contributed by atoms with E-state index in [0.717, 1.165) is 20.1 Å². The number of unbranched alkanes of at least 4 members (excludes halogenated alkanes) is 1. The Morgan fingerprint density at radius 2 is 1.73 bits per heavy atom. The fourth-order valence-corrected chi connectivity index (χ4v) is 1.99. The van der Waals surface area contributed by atoms with Gasteiger partial charge in [0.05, 0.1) is 32.8 Å². The van der Waals surface area contributed by atoms with E-state index in [0.29, 0.717) is 0 Å². The lowest BCUT2D eigenvalue weighted by molar-refractivity contribution is -0.156. The minimum absolute atomic E-state index is 0.00580. The minimum Gasteiger partial charge on any atom is -0.469 e. The van der Waals surface area contributed by atoms with Gasteiger partial charge in [-0.15, -0.1) is 0 Å². The first kappa shape index (κ1) is 24.1. The van der Waals surface area contributed by atoms with Crippen LogP contribution in [0.15, 0.2) is 30.3 Å². The molecule has 0 radical (unpaired) electrons. The highest BCUT2D eigenvalue weighted by Crippen LogP contribution is 2.19. The summed E-state index contributed by atoms with van der Waals surface area (Å²) >= 11 is 0. The van der Waals surface area contributed by atoms with Crippen LogP contribution in [-0.2, 0) is 30.4 Å². The zero-order valence-corrected chi connectivity index (χ0v) is 16.5. The van der Waals surface area contributed by atoms with E-state index >= 15 is 0 Å². The summed E-state index contributed by atoms with van der Waals surface area (Å²) in [6.07, 6.45) is 1.81. The van der Waals surface area contributed by atoms with Crippen molar-refractivity contribution < 1.29 is 28.9 Å². The van der Waals surface area contributed by atoms with Crippen molar-refractivity contribution in [3.63, 3.8) is 0 Å². The van der Waals surface area contributed by atoms with E-state index in [4.69, 9.17) is 9.84 Å².